The highest BCUT2D eigenvalue weighted by Crippen LogP contribution is 2.37. The molecule has 0 aliphatic carbocycles. The molecule has 2 aromatic heterocycles. The van der Waals surface area contributed by atoms with Gasteiger partial charge < -0.3 is 30.2 Å². The van der Waals surface area contributed by atoms with Crippen molar-refractivity contribution in [3.05, 3.63) is 39.7 Å². The van der Waals surface area contributed by atoms with E-state index in [2.05, 4.69) is 4.98 Å². The number of carbonyl (C=O) groups is 1. The summed E-state index contributed by atoms with van der Waals surface area (Å²) in [5.41, 5.74) is 7.25. The van der Waals surface area contributed by atoms with Crippen molar-refractivity contribution in [1.82, 2.24) is 9.55 Å². The van der Waals surface area contributed by atoms with Gasteiger partial charge in [-0.25, -0.2) is 4.79 Å². The molecule has 8 heteroatoms. The van der Waals surface area contributed by atoms with Gasteiger partial charge in [-0.05, 0) is 24.1 Å². The predicted octanol–water partition coefficient (Wildman–Crippen LogP) is 2.09. The van der Waals surface area contributed by atoms with Gasteiger partial charge in [0, 0.05) is 18.0 Å². The molecule has 0 spiro atoms. The van der Waals surface area contributed by atoms with Crippen LogP contribution in [0.25, 0.3) is 22.2 Å². The summed E-state index contributed by atoms with van der Waals surface area (Å²) in [5, 5.41) is 20.2. The number of nitrogens with two attached hydrogens (primary N) is 1. The zero-order valence-electron chi connectivity index (χ0n) is 14.6. The molecule has 0 unspecified atom stereocenters. The van der Waals surface area contributed by atoms with Crippen LogP contribution in [0.2, 0.25) is 0 Å². The third kappa shape index (κ3) is 2.38. The Morgan fingerprint density at radius 1 is 1.38 bits per heavy atom. The normalized spacial score (nSPS) is 11.0. The number of methoxy groups -OCH3 is 1. The smallest absolute Gasteiger partial charge is 0.345 e. The minimum Gasteiger partial charge on any atom is -0.506 e. The number of ether oxygens (including phenoxy) is 1. The number of aromatic nitrogens is 2. The predicted molar refractivity (Wildman–Crippen MR) is 97.9 cm³/mol. The van der Waals surface area contributed by atoms with Gasteiger partial charge in [-0.15, -0.1) is 0 Å². The van der Waals surface area contributed by atoms with Crippen LogP contribution >= 0.6 is 0 Å². The number of aromatic hydroxyl groups is 1. The molecule has 2 heterocycles. The lowest BCUT2D eigenvalue weighted by atomic mass is 9.99. The van der Waals surface area contributed by atoms with Gasteiger partial charge in [0.15, 0.2) is 5.56 Å². The van der Waals surface area contributed by atoms with E-state index in [1.807, 2.05) is 17.7 Å². The van der Waals surface area contributed by atoms with Crippen molar-refractivity contribution in [2.24, 2.45) is 7.05 Å². The van der Waals surface area contributed by atoms with Crippen molar-refractivity contribution in [2.75, 3.05) is 12.8 Å². The van der Waals surface area contributed by atoms with E-state index in [0.29, 0.717) is 34.8 Å². The Morgan fingerprint density at radius 3 is 2.65 bits per heavy atom. The van der Waals surface area contributed by atoms with Gasteiger partial charge in [-0.3, -0.25) is 4.79 Å². The number of carboxylic acid groups (broad SMARTS) is 1. The van der Waals surface area contributed by atoms with Crippen LogP contribution in [0.15, 0.2) is 23.0 Å². The largest absolute Gasteiger partial charge is 0.506 e. The number of rotatable bonds is 4. The summed E-state index contributed by atoms with van der Waals surface area (Å²) >= 11 is 0. The van der Waals surface area contributed by atoms with Gasteiger partial charge in [0.1, 0.15) is 11.4 Å². The van der Waals surface area contributed by atoms with E-state index in [1.54, 1.807) is 19.1 Å². The number of aryl methyl sites for hydroxylation is 1. The first kappa shape index (κ1) is 17.4. The van der Waals surface area contributed by atoms with Crippen LogP contribution in [0.4, 0.5) is 5.69 Å². The van der Waals surface area contributed by atoms with Crippen molar-refractivity contribution < 1.29 is 19.7 Å². The average Bonchev–Trinajstić information content (AvgIpc) is 2.84. The number of aromatic carboxylic acids is 1. The third-order valence-corrected chi connectivity index (χ3v) is 4.52. The highest BCUT2D eigenvalue weighted by Gasteiger charge is 2.22. The molecule has 3 aromatic rings. The van der Waals surface area contributed by atoms with E-state index in [0.717, 1.165) is 10.9 Å². The summed E-state index contributed by atoms with van der Waals surface area (Å²) < 4.78 is 7.11. The maximum atomic E-state index is 12.1. The monoisotopic (exact) mass is 357 g/mol. The first-order chi connectivity index (χ1) is 12.3. The zero-order valence-corrected chi connectivity index (χ0v) is 14.6. The van der Waals surface area contributed by atoms with Crippen LogP contribution < -0.4 is 16.0 Å². The molecule has 0 amide bonds. The maximum absolute atomic E-state index is 12.1. The molecule has 0 bridgehead atoms. The molecule has 0 saturated carbocycles. The molecule has 0 saturated heterocycles. The van der Waals surface area contributed by atoms with Gasteiger partial charge in [0.25, 0.3) is 5.56 Å². The Labute approximate surface area is 148 Å². The summed E-state index contributed by atoms with van der Waals surface area (Å²) in [6.07, 6.45) is 0.337. The molecular weight excluding hydrogens is 338 g/mol. The minimum atomic E-state index is -1.47. The Bertz CT molecular complexity index is 1090. The Hall–Kier alpha value is -3.42. The van der Waals surface area contributed by atoms with Gasteiger partial charge in [0.2, 0.25) is 5.88 Å². The van der Waals surface area contributed by atoms with E-state index in [1.165, 1.54) is 7.11 Å². The number of aromatic amines is 1. The number of hydrogen-bond acceptors (Lipinski definition) is 5. The van der Waals surface area contributed by atoms with Crippen molar-refractivity contribution in [3.63, 3.8) is 0 Å². The molecule has 1 aromatic carbocycles. The fraction of sp³-hybridized carbons (Fsp3) is 0.222. The number of nitrogens with zero attached hydrogens (tertiary/aromatic N) is 1. The number of nitrogens with one attached hydrogen (secondary N) is 1. The second kappa shape index (κ2) is 6.14. The molecule has 0 radical (unpaired) electrons. The van der Waals surface area contributed by atoms with Crippen molar-refractivity contribution in [3.8, 4) is 22.9 Å². The zero-order chi connectivity index (χ0) is 19.2. The SMILES string of the molecule is CCc1c(-c2ccc3c(c2)c(N)c(OC)n3C)[nH]c(=O)c(C(=O)O)c1O. The Morgan fingerprint density at radius 2 is 2.08 bits per heavy atom. The van der Waals surface area contributed by atoms with Gasteiger partial charge in [-0.2, -0.15) is 0 Å². The number of nitrogen functional groups attached to an aromatic ring is 1. The fourth-order valence-corrected chi connectivity index (χ4v) is 3.27. The maximum Gasteiger partial charge on any atom is 0.345 e. The molecular formula is C18H19N3O5. The van der Waals surface area contributed by atoms with Crippen LogP contribution in [0.1, 0.15) is 22.8 Å². The van der Waals surface area contributed by atoms with Gasteiger partial charge >= 0.3 is 5.97 Å². The summed E-state index contributed by atoms with van der Waals surface area (Å²) in [4.78, 5) is 26.0. The molecule has 5 N–H and O–H groups in total. The first-order valence-electron chi connectivity index (χ1n) is 7.95. The second-order valence-corrected chi connectivity index (χ2v) is 5.90. The van der Waals surface area contributed by atoms with Crippen molar-refractivity contribution in [1.29, 1.82) is 0 Å². The van der Waals surface area contributed by atoms with Crippen LogP contribution in [0, 0.1) is 0 Å². The van der Waals surface area contributed by atoms with Crippen molar-refractivity contribution in [2.45, 2.75) is 13.3 Å². The summed E-state index contributed by atoms with van der Waals surface area (Å²) in [7, 11) is 3.35. The number of benzene rings is 1. The topological polar surface area (TPSA) is 131 Å². The Kier molecular flexibility index (Phi) is 4.11. The van der Waals surface area contributed by atoms with Gasteiger partial charge in [-0.1, -0.05) is 13.0 Å². The number of anilines is 1. The number of pyridine rings is 1. The molecule has 0 fully saturated rings. The molecule has 8 nitrogen and oxygen atoms in total. The van der Waals surface area contributed by atoms with E-state index in [4.69, 9.17) is 15.6 Å². The summed E-state index contributed by atoms with van der Waals surface area (Å²) in [5.74, 6) is -1.47. The summed E-state index contributed by atoms with van der Waals surface area (Å²) in [6.45, 7) is 1.76. The molecule has 136 valence electrons. The van der Waals surface area contributed by atoms with Crippen molar-refractivity contribution >= 4 is 22.6 Å². The second-order valence-electron chi connectivity index (χ2n) is 5.90. The molecule has 0 aliphatic heterocycles. The van der Waals surface area contributed by atoms with Crippen LogP contribution in [-0.2, 0) is 13.5 Å². The molecule has 3 rings (SSSR count). The lowest BCUT2D eigenvalue weighted by Gasteiger charge is -2.12. The van der Waals surface area contributed by atoms with E-state index in [-0.39, 0.29) is 0 Å². The molecule has 0 aliphatic rings. The number of hydrogen-bond donors (Lipinski definition) is 4. The third-order valence-electron chi connectivity index (χ3n) is 4.52. The summed E-state index contributed by atoms with van der Waals surface area (Å²) in [6, 6.07) is 5.37. The van der Waals surface area contributed by atoms with Crippen LogP contribution in [0.5, 0.6) is 11.6 Å². The van der Waals surface area contributed by atoms with E-state index >= 15 is 0 Å². The highest BCUT2D eigenvalue weighted by atomic mass is 16.5. The average molecular weight is 357 g/mol. The first-order valence-corrected chi connectivity index (χ1v) is 7.95. The Balaban J connectivity index is 2.32. The van der Waals surface area contributed by atoms with Gasteiger partial charge in [0.05, 0.1) is 18.3 Å². The number of fused-ring (bicyclic) bond motifs is 1. The van der Waals surface area contributed by atoms with E-state index in [9.17, 15) is 14.7 Å². The van der Waals surface area contributed by atoms with E-state index < -0.39 is 22.8 Å². The van der Waals surface area contributed by atoms with Crippen LogP contribution in [0.3, 0.4) is 0 Å². The number of H-pyrrole nitrogens is 1. The lowest BCUT2D eigenvalue weighted by Crippen LogP contribution is -2.20. The highest BCUT2D eigenvalue weighted by molar-refractivity contribution is 5.98. The number of carboxylic acids is 1. The quantitative estimate of drug-likeness (QED) is 0.565. The molecule has 0 atom stereocenters. The standard InChI is InChI=1S/C18H19N3O5/c1-4-9-14(20-16(23)12(15(9)22)18(24)25)8-5-6-11-10(7-8)13(19)17(26-3)21(11)2/h5-7H,4,19H2,1-3H3,(H,24,25)(H2,20,22,23). The lowest BCUT2D eigenvalue weighted by molar-refractivity contribution is 0.0691. The van der Waals surface area contributed by atoms with Crippen LogP contribution in [-0.4, -0.2) is 32.8 Å². The fourth-order valence-electron chi connectivity index (χ4n) is 3.27. The minimum absolute atomic E-state index is 0.337. The molecule has 26 heavy (non-hydrogen) atoms.